The Bertz CT molecular complexity index is 1290. The molecule has 0 spiro atoms. The van der Waals surface area contributed by atoms with Crippen molar-refractivity contribution in [1.82, 2.24) is 19.9 Å². The molecule has 2 aromatic carbocycles. The molecule has 0 radical (unpaired) electrons. The molecule has 6 heteroatoms. The second-order valence-electron chi connectivity index (χ2n) is 8.39. The number of aromatic hydroxyl groups is 1. The third-order valence-corrected chi connectivity index (χ3v) is 5.86. The highest BCUT2D eigenvalue weighted by molar-refractivity contribution is 5.99. The molecule has 0 fully saturated rings. The summed E-state index contributed by atoms with van der Waals surface area (Å²) in [6.45, 7) is 8.52. The van der Waals surface area contributed by atoms with E-state index in [2.05, 4.69) is 71.7 Å². The molecule has 0 aliphatic heterocycles. The first-order valence-corrected chi connectivity index (χ1v) is 10.8. The number of hydrogen-bond acceptors (Lipinski definition) is 4. The highest BCUT2D eigenvalue weighted by atomic mass is 16.3. The molecule has 32 heavy (non-hydrogen) atoms. The monoisotopic (exact) mass is 428 g/mol. The minimum absolute atomic E-state index is 0.0205. The van der Waals surface area contributed by atoms with Crippen molar-refractivity contribution in [2.24, 2.45) is 0 Å². The summed E-state index contributed by atoms with van der Waals surface area (Å²) < 4.78 is 1.35. The van der Waals surface area contributed by atoms with Gasteiger partial charge in [0, 0.05) is 24.2 Å². The van der Waals surface area contributed by atoms with E-state index in [1.165, 1.54) is 27.4 Å². The Labute approximate surface area is 187 Å². The highest BCUT2D eigenvalue weighted by Gasteiger charge is 2.20. The predicted molar refractivity (Wildman–Crippen MR) is 125 cm³/mol. The summed E-state index contributed by atoms with van der Waals surface area (Å²) in [5, 5.41) is 18.1. The average molecular weight is 429 g/mol. The van der Waals surface area contributed by atoms with Gasteiger partial charge in [-0.15, -0.1) is 0 Å². The highest BCUT2D eigenvalue weighted by Crippen LogP contribution is 2.27. The normalized spacial score (nSPS) is 11.1. The van der Waals surface area contributed by atoms with Crippen LogP contribution in [0.1, 0.15) is 49.4 Å². The van der Waals surface area contributed by atoms with Crippen molar-refractivity contribution in [3.05, 3.63) is 93.3 Å². The van der Waals surface area contributed by atoms with E-state index >= 15 is 0 Å². The van der Waals surface area contributed by atoms with Crippen LogP contribution in [0.5, 0.6) is 5.88 Å². The van der Waals surface area contributed by atoms with E-state index in [1.807, 2.05) is 13.8 Å². The van der Waals surface area contributed by atoms with Crippen LogP contribution in [0.25, 0.3) is 5.65 Å². The van der Waals surface area contributed by atoms with Crippen LogP contribution in [-0.4, -0.2) is 32.2 Å². The summed E-state index contributed by atoms with van der Waals surface area (Å²) in [7, 11) is 0. The van der Waals surface area contributed by atoms with Crippen LogP contribution >= 0.6 is 0 Å². The number of carbonyl (C=O) groups excluding carboxylic acids is 1. The third-order valence-electron chi connectivity index (χ3n) is 5.86. The number of rotatable bonds is 6. The first-order chi connectivity index (χ1) is 15.3. The van der Waals surface area contributed by atoms with Gasteiger partial charge in [0.15, 0.2) is 5.65 Å². The minimum atomic E-state index is -0.249. The summed E-state index contributed by atoms with van der Waals surface area (Å²) in [6.07, 6.45) is 2.75. The van der Waals surface area contributed by atoms with E-state index in [0.717, 1.165) is 17.5 Å². The van der Waals surface area contributed by atoms with Crippen LogP contribution < -0.4 is 5.32 Å². The van der Waals surface area contributed by atoms with Crippen LogP contribution in [-0.2, 0) is 12.8 Å². The van der Waals surface area contributed by atoms with E-state index in [4.69, 9.17) is 0 Å². The fourth-order valence-electron chi connectivity index (χ4n) is 3.84. The molecule has 4 rings (SSSR count). The number of carbonyl (C=O) groups is 1. The molecule has 0 aliphatic carbocycles. The third kappa shape index (κ3) is 4.35. The number of aromatic nitrogens is 3. The van der Waals surface area contributed by atoms with Crippen molar-refractivity contribution in [3.8, 4) is 5.88 Å². The maximum Gasteiger partial charge on any atom is 0.256 e. The fraction of sp³-hybridized carbons (Fsp3) is 0.269. The molecule has 0 saturated heterocycles. The van der Waals surface area contributed by atoms with Crippen molar-refractivity contribution in [1.29, 1.82) is 0 Å². The molecular formula is C26H28N4O2. The summed E-state index contributed by atoms with van der Waals surface area (Å²) in [4.78, 5) is 17.4. The lowest BCUT2D eigenvalue weighted by Crippen LogP contribution is -2.25. The summed E-state index contributed by atoms with van der Waals surface area (Å²) in [5.41, 5.74) is 7.93. The Balaban J connectivity index is 1.55. The maximum atomic E-state index is 12.8. The van der Waals surface area contributed by atoms with Gasteiger partial charge < -0.3 is 10.4 Å². The van der Waals surface area contributed by atoms with Crippen molar-refractivity contribution >= 4 is 11.6 Å². The lowest BCUT2D eigenvalue weighted by Gasteiger charge is -2.12. The molecule has 1 amide bonds. The topological polar surface area (TPSA) is 79.5 Å². The summed E-state index contributed by atoms with van der Waals surface area (Å²) >= 11 is 0. The molecule has 6 nitrogen and oxygen atoms in total. The van der Waals surface area contributed by atoms with Crippen molar-refractivity contribution in [3.63, 3.8) is 0 Å². The lowest BCUT2D eigenvalue weighted by atomic mass is 9.98. The molecule has 2 heterocycles. The van der Waals surface area contributed by atoms with E-state index < -0.39 is 0 Å². The smallest absolute Gasteiger partial charge is 0.256 e. The Kier molecular flexibility index (Phi) is 5.95. The lowest BCUT2D eigenvalue weighted by molar-refractivity contribution is 0.0955. The number of fused-ring (bicyclic) bond motifs is 1. The number of aryl methyl sites for hydroxylation is 4. The van der Waals surface area contributed by atoms with Crippen molar-refractivity contribution < 1.29 is 9.90 Å². The summed E-state index contributed by atoms with van der Waals surface area (Å²) in [6, 6.07) is 14.5. The number of hydrogen-bond donors (Lipinski definition) is 2. The maximum absolute atomic E-state index is 12.8. The Morgan fingerprint density at radius 3 is 2.50 bits per heavy atom. The first kappa shape index (κ1) is 21.6. The first-order valence-electron chi connectivity index (χ1n) is 10.8. The second-order valence-corrected chi connectivity index (χ2v) is 8.39. The van der Waals surface area contributed by atoms with Gasteiger partial charge in [-0.2, -0.15) is 9.61 Å². The van der Waals surface area contributed by atoms with E-state index in [1.54, 1.807) is 0 Å². The van der Waals surface area contributed by atoms with Gasteiger partial charge in [0.05, 0.1) is 6.20 Å². The van der Waals surface area contributed by atoms with Gasteiger partial charge in [0.1, 0.15) is 5.56 Å². The van der Waals surface area contributed by atoms with Crippen molar-refractivity contribution in [2.75, 3.05) is 6.54 Å². The fourth-order valence-corrected chi connectivity index (χ4v) is 3.84. The molecule has 4 aromatic rings. The Hall–Kier alpha value is -3.67. The van der Waals surface area contributed by atoms with Crippen LogP contribution in [0.4, 0.5) is 0 Å². The number of nitrogens with one attached hydrogen (secondary N) is 1. The molecule has 164 valence electrons. The molecule has 2 N–H and O–H groups in total. The molecule has 0 aliphatic rings. The van der Waals surface area contributed by atoms with Gasteiger partial charge in [-0.1, -0.05) is 53.6 Å². The van der Waals surface area contributed by atoms with Crippen molar-refractivity contribution in [2.45, 2.75) is 40.5 Å². The van der Waals surface area contributed by atoms with Gasteiger partial charge in [-0.3, -0.25) is 4.79 Å². The second kappa shape index (κ2) is 8.83. The van der Waals surface area contributed by atoms with Gasteiger partial charge in [-0.25, -0.2) is 4.98 Å². The molecule has 2 aromatic heterocycles. The Morgan fingerprint density at radius 2 is 1.75 bits per heavy atom. The standard InChI is InChI=1S/C26H28N4O2/c1-16-6-9-20(10-7-16)11-12-27-25(31)23-15-28-30-24(23)29-19(4)22(26(30)32)14-21-13-17(2)5-8-18(21)3/h5-10,13,15,32H,11-12,14H2,1-4H3,(H,27,31). The zero-order valence-electron chi connectivity index (χ0n) is 18.9. The van der Waals surface area contributed by atoms with Crippen LogP contribution in [0.15, 0.2) is 48.7 Å². The number of amides is 1. The Morgan fingerprint density at radius 1 is 1.03 bits per heavy atom. The average Bonchev–Trinajstić information content (AvgIpc) is 3.18. The van der Waals surface area contributed by atoms with Gasteiger partial charge in [-0.05, 0) is 50.8 Å². The molecule has 0 atom stereocenters. The SMILES string of the molecule is Cc1ccc(CCNC(=O)c2cnn3c(O)c(Cc4cc(C)ccc4C)c(C)nc23)cc1. The zero-order valence-corrected chi connectivity index (χ0v) is 18.9. The quantitative estimate of drug-likeness (QED) is 0.482. The molecular weight excluding hydrogens is 400 g/mol. The van der Waals surface area contributed by atoms with Crippen LogP contribution in [0.3, 0.4) is 0 Å². The van der Waals surface area contributed by atoms with E-state index in [0.29, 0.717) is 35.4 Å². The zero-order chi connectivity index (χ0) is 22.8. The molecule has 0 bridgehead atoms. The van der Waals surface area contributed by atoms with Crippen LogP contribution in [0.2, 0.25) is 0 Å². The van der Waals surface area contributed by atoms with Gasteiger partial charge in [0.25, 0.3) is 5.91 Å². The summed E-state index contributed by atoms with van der Waals surface area (Å²) in [5.74, 6) is -0.229. The van der Waals surface area contributed by atoms with E-state index in [-0.39, 0.29) is 11.8 Å². The number of nitrogens with zero attached hydrogens (tertiary/aromatic N) is 3. The molecule has 0 unspecified atom stereocenters. The van der Waals surface area contributed by atoms with Crippen LogP contribution in [0, 0.1) is 27.7 Å². The predicted octanol–water partition coefficient (Wildman–Crippen LogP) is 4.23. The largest absolute Gasteiger partial charge is 0.493 e. The minimum Gasteiger partial charge on any atom is -0.493 e. The number of benzene rings is 2. The molecule has 0 saturated carbocycles. The van der Waals surface area contributed by atoms with Gasteiger partial charge >= 0.3 is 0 Å². The van der Waals surface area contributed by atoms with E-state index in [9.17, 15) is 9.90 Å². The van der Waals surface area contributed by atoms with Gasteiger partial charge in [0.2, 0.25) is 5.88 Å².